The Bertz CT molecular complexity index is 875. The number of nitrogens with one attached hydrogen (secondary N) is 1. The van der Waals surface area contributed by atoms with Crippen LogP contribution in [0.1, 0.15) is 39.9 Å². The molecule has 0 radical (unpaired) electrons. The maximum absolute atomic E-state index is 12.2. The van der Waals surface area contributed by atoms with Crippen LogP contribution in [0, 0.1) is 13.8 Å². The first-order chi connectivity index (χ1) is 12.6. The van der Waals surface area contributed by atoms with Crippen LogP contribution in [0.5, 0.6) is 5.75 Å². The average molecular weight is 353 g/mol. The minimum atomic E-state index is -0.257. The molecule has 0 saturated heterocycles. The van der Waals surface area contributed by atoms with Gasteiger partial charge in [-0.15, -0.1) is 0 Å². The second-order valence-electron chi connectivity index (χ2n) is 6.16. The first-order valence-electron chi connectivity index (χ1n) is 8.64. The number of hydrogen-bond donors (Lipinski definition) is 1. The van der Waals surface area contributed by atoms with Crippen LogP contribution in [0.15, 0.2) is 47.1 Å². The fraction of sp³-hybridized carbons (Fsp3) is 0.300. The van der Waals surface area contributed by atoms with Crippen LogP contribution in [0.4, 0.5) is 0 Å². The van der Waals surface area contributed by atoms with Gasteiger partial charge in [0, 0.05) is 24.8 Å². The molecule has 0 bridgehead atoms. The molecule has 1 aromatic carbocycles. The highest BCUT2D eigenvalue weighted by Crippen LogP contribution is 2.23. The molecule has 1 amide bonds. The third kappa shape index (κ3) is 4.14. The predicted octanol–water partition coefficient (Wildman–Crippen LogP) is 3.62. The van der Waals surface area contributed by atoms with Crippen molar-refractivity contribution in [1.29, 1.82) is 0 Å². The quantitative estimate of drug-likeness (QED) is 0.704. The van der Waals surface area contributed by atoms with E-state index in [0.717, 1.165) is 29.0 Å². The molecule has 136 valence electrons. The number of rotatable bonds is 7. The van der Waals surface area contributed by atoms with Crippen molar-refractivity contribution in [3.05, 3.63) is 70.9 Å². The summed E-state index contributed by atoms with van der Waals surface area (Å²) in [6.07, 6.45) is 3.65. The van der Waals surface area contributed by atoms with E-state index in [1.54, 1.807) is 18.3 Å². The molecule has 0 saturated carbocycles. The van der Waals surface area contributed by atoms with Crippen molar-refractivity contribution in [2.24, 2.45) is 0 Å². The zero-order valence-corrected chi connectivity index (χ0v) is 15.3. The third-order valence-electron chi connectivity index (χ3n) is 4.12. The van der Waals surface area contributed by atoms with E-state index in [1.807, 2.05) is 49.8 Å². The van der Waals surface area contributed by atoms with Crippen LogP contribution in [0.2, 0.25) is 0 Å². The van der Waals surface area contributed by atoms with Crippen molar-refractivity contribution in [2.75, 3.05) is 0 Å². The van der Waals surface area contributed by atoms with Crippen molar-refractivity contribution in [2.45, 2.75) is 40.5 Å². The van der Waals surface area contributed by atoms with E-state index in [9.17, 15) is 4.79 Å². The van der Waals surface area contributed by atoms with Gasteiger partial charge in [0.2, 0.25) is 0 Å². The third-order valence-corrected chi connectivity index (χ3v) is 4.12. The minimum Gasteiger partial charge on any atom is -0.485 e. The van der Waals surface area contributed by atoms with Crippen molar-refractivity contribution >= 4 is 5.91 Å². The Balaban J connectivity index is 1.56. The zero-order chi connectivity index (χ0) is 18.5. The van der Waals surface area contributed by atoms with Crippen molar-refractivity contribution < 1.29 is 13.9 Å². The number of amides is 1. The number of nitrogens with zero attached hydrogens (tertiary/aromatic N) is 2. The van der Waals surface area contributed by atoms with Gasteiger partial charge in [0.05, 0.1) is 6.20 Å². The van der Waals surface area contributed by atoms with Gasteiger partial charge in [-0.3, -0.25) is 9.48 Å². The van der Waals surface area contributed by atoms with Gasteiger partial charge in [-0.05, 0) is 44.0 Å². The number of benzene rings is 1. The normalized spacial score (nSPS) is 10.7. The maximum atomic E-state index is 12.2. The zero-order valence-electron chi connectivity index (χ0n) is 15.3. The Morgan fingerprint density at radius 3 is 2.69 bits per heavy atom. The number of ether oxygens (including phenoxy) is 1. The maximum Gasteiger partial charge on any atom is 0.287 e. The summed E-state index contributed by atoms with van der Waals surface area (Å²) in [5, 5.41) is 7.01. The Morgan fingerprint density at radius 1 is 1.23 bits per heavy atom. The molecule has 0 fully saturated rings. The number of aromatic nitrogens is 2. The molecular weight excluding hydrogens is 330 g/mol. The predicted molar refractivity (Wildman–Crippen MR) is 98.0 cm³/mol. The fourth-order valence-electron chi connectivity index (χ4n) is 2.69. The molecule has 2 aromatic heterocycles. The van der Waals surface area contributed by atoms with Gasteiger partial charge in [0.25, 0.3) is 5.91 Å². The molecule has 6 nitrogen and oxygen atoms in total. The lowest BCUT2D eigenvalue weighted by Gasteiger charge is -2.10. The average Bonchev–Trinajstić information content (AvgIpc) is 3.28. The molecular formula is C20H23N3O3. The highest BCUT2D eigenvalue weighted by molar-refractivity contribution is 5.91. The smallest absolute Gasteiger partial charge is 0.287 e. The molecule has 0 aliphatic carbocycles. The second-order valence-corrected chi connectivity index (χ2v) is 6.16. The Morgan fingerprint density at radius 2 is 2.00 bits per heavy atom. The van der Waals surface area contributed by atoms with Crippen LogP contribution < -0.4 is 10.1 Å². The first kappa shape index (κ1) is 17.8. The molecule has 0 aliphatic rings. The number of carbonyl (C=O) groups excluding carboxylic acids is 1. The molecule has 0 atom stereocenters. The Hall–Kier alpha value is -3.02. The molecule has 0 spiro atoms. The summed E-state index contributed by atoms with van der Waals surface area (Å²) in [5.41, 5.74) is 3.09. The van der Waals surface area contributed by atoms with E-state index < -0.39 is 0 Å². The standard InChI is InChI=1S/C20H23N3O3/c1-4-23-12-16(11-22-23)10-21-20(24)18-9-8-17(26-18)13-25-19-14(2)6-5-7-15(19)3/h5-9,11-12H,4,10,13H2,1-3H3,(H,21,24). The van der Waals surface area contributed by atoms with E-state index in [2.05, 4.69) is 10.4 Å². The highest BCUT2D eigenvalue weighted by atomic mass is 16.5. The molecule has 3 aromatic rings. The lowest BCUT2D eigenvalue weighted by Crippen LogP contribution is -2.22. The van der Waals surface area contributed by atoms with Gasteiger partial charge in [-0.25, -0.2) is 0 Å². The van der Waals surface area contributed by atoms with Gasteiger partial charge in [0.1, 0.15) is 18.1 Å². The fourth-order valence-corrected chi connectivity index (χ4v) is 2.69. The van der Waals surface area contributed by atoms with Gasteiger partial charge < -0.3 is 14.5 Å². The number of para-hydroxylation sites is 1. The molecule has 26 heavy (non-hydrogen) atoms. The summed E-state index contributed by atoms with van der Waals surface area (Å²) in [7, 11) is 0. The van der Waals surface area contributed by atoms with E-state index in [1.165, 1.54) is 0 Å². The summed E-state index contributed by atoms with van der Waals surface area (Å²) in [5.74, 6) is 1.47. The number of carbonyl (C=O) groups is 1. The highest BCUT2D eigenvalue weighted by Gasteiger charge is 2.12. The van der Waals surface area contributed by atoms with Gasteiger partial charge in [0.15, 0.2) is 5.76 Å². The summed E-state index contributed by atoms with van der Waals surface area (Å²) in [6, 6.07) is 9.43. The van der Waals surface area contributed by atoms with Crippen LogP contribution in [-0.4, -0.2) is 15.7 Å². The van der Waals surface area contributed by atoms with E-state index >= 15 is 0 Å². The van der Waals surface area contributed by atoms with Crippen LogP contribution in [0.25, 0.3) is 0 Å². The topological polar surface area (TPSA) is 69.3 Å². The molecule has 6 heteroatoms. The van der Waals surface area contributed by atoms with Crippen LogP contribution >= 0.6 is 0 Å². The van der Waals surface area contributed by atoms with Crippen molar-refractivity contribution in [3.63, 3.8) is 0 Å². The number of furan rings is 1. The number of hydrogen-bond acceptors (Lipinski definition) is 4. The summed E-state index contributed by atoms with van der Waals surface area (Å²) in [6.45, 7) is 7.51. The monoisotopic (exact) mass is 353 g/mol. The van der Waals surface area contributed by atoms with Crippen LogP contribution in [-0.2, 0) is 19.7 Å². The molecule has 3 rings (SSSR count). The van der Waals surface area contributed by atoms with Crippen LogP contribution in [0.3, 0.4) is 0 Å². The van der Waals surface area contributed by atoms with E-state index in [-0.39, 0.29) is 18.3 Å². The van der Waals surface area contributed by atoms with E-state index in [0.29, 0.717) is 12.3 Å². The molecule has 1 N–H and O–H groups in total. The Labute approximate surface area is 152 Å². The molecule has 0 unspecified atom stereocenters. The molecule has 2 heterocycles. The minimum absolute atomic E-state index is 0.257. The van der Waals surface area contributed by atoms with Crippen molar-refractivity contribution in [1.82, 2.24) is 15.1 Å². The SMILES string of the molecule is CCn1cc(CNC(=O)c2ccc(COc3c(C)cccc3C)o2)cn1. The number of aryl methyl sites for hydroxylation is 3. The largest absolute Gasteiger partial charge is 0.485 e. The van der Waals surface area contributed by atoms with Gasteiger partial charge in [-0.1, -0.05) is 18.2 Å². The lowest BCUT2D eigenvalue weighted by atomic mass is 10.1. The van der Waals surface area contributed by atoms with Gasteiger partial charge >= 0.3 is 0 Å². The summed E-state index contributed by atoms with van der Waals surface area (Å²) >= 11 is 0. The van der Waals surface area contributed by atoms with E-state index in [4.69, 9.17) is 9.15 Å². The van der Waals surface area contributed by atoms with Gasteiger partial charge in [-0.2, -0.15) is 5.10 Å². The first-order valence-corrected chi connectivity index (χ1v) is 8.64. The second kappa shape index (κ2) is 7.91. The Kier molecular flexibility index (Phi) is 5.41. The summed E-state index contributed by atoms with van der Waals surface area (Å²) < 4.78 is 13.3. The summed E-state index contributed by atoms with van der Waals surface area (Å²) in [4.78, 5) is 12.2. The lowest BCUT2D eigenvalue weighted by molar-refractivity contribution is 0.0919. The molecule has 0 aliphatic heterocycles. The van der Waals surface area contributed by atoms with Crippen molar-refractivity contribution in [3.8, 4) is 5.75 Å².